The molecule has 1 saturated carbocycles. The Morgan fingerprint density at radius 2 is 2.07 bits per heavy atom. The molecule has 1 N–H and O–H groups in total. The Morgan fingerprint density at radius 1 is 1.33 bits per heavy atom. The van der Waals surface area contributed by atoms with Crippen molar-refractivity contribution in [2.24, 2.45) is 5.92 Å². The zero-order valence-electron chi connectivity index (χ0n) is 9.76. The predicted molar refractivity (Wildman–Crippen MR) is 60.7 cm³/mol. The highest BCUT2D eigenvalue weighted by Gasteiger charge is 2.13. The molecule has 0 heterocycles. The maximum atomic E-state index is 10.8. The molecule has 0 amide bonds. The molecule has 1 rings (SSSR count). The van der Waals surface area contributed by atoms with Crippen LogP contribution in [-0.4, -0.2) is 26.2 Å². The standard InChI is InChI=1S/C12H23NO2/c1-15-12(14)8-10-13-9-4-7-11-5-2-3-6-11/h11,13H,2-10H2,1H3. The number of carbonyl (C=O) groups excluding carboxylic acids is 1. The summed E-state index contributed by atoms with van der Waals surface area (Å²) >= 11 is 0. The number of hydrogen-bond acceptors (Lipinski definition) is 3. The molecule has 0 atom stereocenters. The van der Waals surface area contributed by atoms with Gasteiger partial charge in [0.15, 0.2) is 0 Å². The van der Waals surface area contributed by atoms with Crippen molar-refractivity contribution in [2.45, 2.75) is 44.9 Å². The third kappa shape index (κ3) is 5.78. The minimum Gasteiger partial charge on any atom is -0.469 e. The zero-order chi connectivity index (χ0) is 10.9. The van der Waals surface area contributed by atoms with Gasteiger partial charge in [0, 0.05) is 6.54 Å². The van der Waals surface area contributed by atoms with Gasteiger partial charge in [-0.3, -0.25) is 4.79 Å². The van der Waals surface area contributed by atoms with Crippen molar-refractivity contribution in [1.29, 1.82) is 0 Å². The van der Waals surface area contributed by atoms with Crippen LogP contribution in [0.25, 0.3) is 0 Å². The number of methoxy groups -OCH3 is 1. The summed E-state index contributed by atoms with van der Waals surface area (Å²) in [5, 5.41) is 3.27. The van der Waals surface area contributed by atoms with E-state index in [1.807, 2.05) is 0 Å². The van der Waals surface area contributed by atoms with E-state index in [-0.39, 0.29) is 5.97 Å². The Labute approximate surface area is 92.6 Å². The third-order valence-electron chi connectivity index (χ3n) is 3.17. The van der Waals surface area contributed by atoms with Crippen LogP contribution in [0, 0.1) is 5.92 Å². The summed E-state index contributed by atoms with van der Waals surface area (Å²) in [4.78, 5) is 10.8. The molecule has 0 aromatic rings. The van der Waals surface area contributed by atoms with Gasteiger partial charge in [-0.15, -0.1) is 0 Å². The molecule has 0 aliphatic heterocycles. The van der Waals surface area contributed by atoms with Crippen molar-refractivity contribution >= 4 is 5.97 Å². The van der Waals surface area contributed by atoms with E-state index in [4.69, 9.17) is 0 Å². The van der Waals surface area contributed by atoms with E-state index < -0.39 is 0 Å². The molecule has 3 heteroatoms. The number of hydrogen-bond donors (Lipinski definition) is 1. The molecule has 0 spiro atoms. The van der Waals surface area contributed by atoms with Crippen LogP contribution >= 0.6 is 0 Å². The fourth-order valence-corrected chi connectivity index (χ4v) is 2.23. The van der Waals surface area contributed by atoms with Crippen LogP contribution in [0.1, 0.15) is 44.9 Å². The molecular formula is C12H23NO2. The summed E-state index contributed by atoms with van der Waals surface area (Å²) in [7, 11) is 1.43. The molecule has 0 aromatic carbocycles. The summed E-state index contributed by atoms with van der Waals surface area (Å²) in [5.41, 5.74) is 0. The predicted octanol–water partition coefficient (Wildman–Crippen LogP) is 2.11. The van der Waals surface area contributed by atoms with Crippen LogP contribution in [-0.2, 0) is 9.53 Å². The maximum absolute atomic E-state index is 10.8. The highest BCUT2D eigenvalue weighted by molar-refractivity contribution is 5.69. The van der Waals surface area contributed by atoms with Gasteiger partial charge in [0.25, 0.3) is 0 Å². The van der Waals surface area contributed by atoms with Crippen molar-refractivity contribution in [1.82, 2.24) is 5.32 Å². The Bertz CT molecular complexity index is 176. The molecule has 1 aliphatic rings. The summed E-state index contributed by atoms with van der Waals surface area (Å²) < 4.78 is 4.56. The Morgan fingerprint density at radius 3 is 2.73 bits per heavy atom. The summed E-state index contributed by atoms with van der Waals surface area (Å²) in [6.07, 6.45) is 8.81. The van der Waals surface area contributed by atoms with Crippen LogP contribution in [0.4, 0.5) is 0 Å². The monoisotopic (exact) mass is 213 g/mol. The normalized spacial score (nSPS) is 16.9. The lowest BCUT2D eigenvalue weighted by atomic mass is 10.0. The first-order valence-electron chi connectivity index (χ1n) is 6.10. The van der Waals surface area contributed by atoms with E-state index in [9.17, 15) is 4.79 Å². The zero-order valence-corrected chi connectivity index (χ0v) is 9.76. The van der Waals surface area contributed by atoms with E-state index in [0.717, 1.165) is 19.0 Å². The molecule has 1 fully saturated rings. The average Bonchev–Trinajstić information content (AvgIpc) is 2.75. The van der Waals surface area contributed by atoms with Gasteiger partial charge in [0.2, 0.25) is 0 Å². The Hall–Kier alpha value is -0.570. The lowest BCUT2D eigenvalue weighted by Gasteiger charge is -2.08. The van der Waals surface area contributed by atoms with Crippen molar-refractivity contribution in [3.63, 3.8) is 0 Å². The number of esters is 1. The molecular weight excluding hydrogens is 190 g/mol. The van der Waals surface area contributed by atoms with Crippen molar-refractivity contribution < 1.29 is 9.53 Å². The van der Waals surface area contributed by atoms with Gasteiger partial charge in [-0.25, -0.2) is 0 Å². The van der Waals surface area contributed by atoms with Crippen LogP contribution < -0.4 is 5.32 Å². The topological polar surface area (TPSA) is 38.3 Å². The molecule has 0 bridgehead atoms. The quantitative estimate of drug-likeness (QED) is 0.520. The highest BCUT2D eigenvalue weighted by Crippen LogP contribution is 2.28. The van der Waals surface area contributed by atoms with Gasteiger partial charge in [0.05, 0.1) is 13.5 Å². The summed E-state index contributed by atoms with van der Waals surface area (Å²) in [5.74, 6) is 0.852. The van der Waals surface area contributed by atoms with Gasteiger partial charge < -0.3 is 10.1 Å². The fourth-order valence-electron chi connectivity index (χ4n) is 2.23. The number of nitrogens with one attached hydrogen (secondary N) is 1. The largest absolute Gasteiger partial charge is 0.469 e. The van der Waals surface area contributed by atoms with Crippen molar-refractivity contribution in [2.75, 3.05) is 20.2 Å². The molecule has 1 aliphatic carbocycles. The van der Waals surface area contributed by atoms with E-state index in [2.05, 4.69) is 10.1 Å². The lowest BCUT2D eigenvalue weighted by Crippen LogP contribution is -2.20. The second-order valence-corrected chi connectivity index (χ2v) is 4.37. The molecule has 3 nitrogen and oxygen atoms in total. The second-order valence-electron chi connectivity index (χ2n) is 4.37. The smallest absolute Gasteiger partial charge is 0.306 e. The number of rotatable bonds is 7. The van der Waals surface area contributed by atoms with Gasteiger partial charge >= 0.3 is 5.97 Å². The average molecular weight is 213 g/mol. The highest BCUT2D eigenvalue weighted by atomic mass is 16.5. The number of ether oxygens (including phenoxy) is 1. The van der Waals surface area contributed by atoms with Gasteiger partial charge in [-0.2, -0.15) is 0 Å². The van der Waals surface area contributed by atoms with E-state index in [1.165, 1.54) is 45.6 Å². The van der Waals surface area contributed by atoms with Crippen LogP contribution in [0.15, 0.2) is 0 Å². The third-order valence-corrected chi connectivity index (χ3v) is 3.17. The number of carbonyl (C=O) groups is 1. The Kier molecular flexibility index (Phi) is 6.41. The van der Waals surface area contributed by atoms with Crippen molar-refractivity contribution in [3.8, 4) is 0 Å². The minimum atomic E-state index is -0.127. The molecule has 0 radical (unpaired) electrons. The first-order chi connectivity index (χ1) is 7.33. The van der Waals surface area contributed by atoms with Gasteiger partial charge in [-0.05, 0) is 25.3 Å². The lowest BCUT2D eigenvalue weighted by molar-refractivity contribution is -0.140. The van der Waals surface area contributed by atoms with Crippen molar-refractivity contribution in [3.05, 3.63) is 0 Å². The molecule has 0 aromatic heterocycles. The first kappa shape index (κ1) is 12.5. The molecule has 88 valence electrons. The molecule has 0 saturated heterocycles. The van der Waals surface area contributed by atoms with E-state index in [1.54, 1.807) is 0 Å². The summed E-state index contributed by atoms with van der Waals surface area (Å²) in [6, 6.07) is 0. The molecule has 15 heavy (non-hydrogen) atoms. The van der Waals surface area contributed by atoms with Crippen LogP contribution in [0.5, 0.6) is 0 Å². The fraction of sp³-hybridized carbons (Fsp3) is 0.917. The van der Waals surface area contributed by atoms with Gasteiger partial charge in [0.1, 0.15) is 0 Å². The summed E-state index contributed by atoms with van der Waals surface area (Å²) in [6.45, 7) is 1.78. The Balaban J connectivity index is 1.82. The maximum Gasteiger partial charge on any atom is 0.306 e. The van der Waals surface area contributed by atoms with Gasteiger partial charge in [-0.1, -0.05) is 25.7 Å². The molecule has 0 unspecified atom stereocenters. The second kappa shape index (κ2) is 7.69. The van der Waals surface area contributed by atoms with Crippen LogP contribution in [0.2, 0.25) is 0 Å². The SMILES string of the molecule is COC(=O)CCNCCCC1CCCC1. The first-order valence-corrected chi connectivity index (χ1v) is 6.10. The van der Waals surface area contributed by atoms with E-state index >= 15 is 0 Å². The minimum absolute atomic E-state index is 0.127. The van der Waals surface area contributed by atoms with E-state index in [0.29, 0.717) is 6.42 Å². The van der Waals surface area contributed by atoms with Crippen LogP contribution in [0.3, 0.4) is 0 Å².